The van der Waals surface area contributed by atoms with Crippen LogP contribution in [-0.2, 0) is 17.6 Å². The van der Waals surface area contributed by atoms with Crippen LogP contribution in [0.3, 0.4) is 0 Å². The monoisotopic (exact) mass is 364 g/mol. The first-order valence-corrected chi connectivity index (χ1v) is 9.86. The highest BCUT2D eigenvalue weighted by Gasteiger charge is 2.28. The Kier molecular flexibility index (Phi) is 4.08. The average Bonchev–Trinajstić information content (AvgIpc) is 3.12. The Bertz CT molecular complexity index is 1050. The molecular formula is C21H24N4O2. The van der Waals surface area contributed by atoms with E-state index < -0.39 is 0 Å². The second-order valence-electron chi connectivity index (χ2n) is 7.74. The molecular weight excluding hydrogens is 340 g/mol. The average molecular weight is 364 g/mol. The Labute approximate surface area is 157 Å². The number of nitrogens with one attached hydrogen (secondary N) is 1. The van der Waals surface area contributed by atoms with Gasteiger partial charge in [0.15, 0.2) is 6.23 Å². The summed E-state index contributed by atoms with van der Waals surface area (Å²) in [7, 11) is 0. The summed E-state index contributed by atoms with van der Waals surface area (Å²) in [5.74, 6) is 0.342. The highest BCUT2D eigenvalue weighted by molar-refractivity contribution is 5.84. The number of ether oxygens (including phenoxy) is 1. The van der Waals surface area contributed by atoms with Crippen LogP contribution < -0.4 is 5.56 Å². The number of H-pyrrole nitrogens is 1. The van der Waals surface area contributed by atoms with Gasteiger partial charge in [0.25, 0.3) is 5.56 Å². The molecule has 2 unspecified atom stereocenters. The zero-order valence-electron chi connectivity index (χ0n) is 15.6. The summed E-state index contributed by atoms with van der Waals surface area (Å²) in [5.41, 5.74) is 5.61. The van der Waals surface area contributed by atoms with Crippen molar-refractivity contribution in [3.8, 4) is 0 Å². The number of nitrogens with zero attached hydrogens (tertiary/aromatic N) is 3. The highest BCUT2D eigenvalue weighted by Crippen LogP contribution is 2.38. The van der Waals surface area contributed by atoms with Gasteiger partial charge in [0.1, 0.15) is 0 Å². The molecule has 0 bridgehead atoms. The predicted octanol–water partition coefficient (Wildman–Crippen LogP) is 3.40. The minimum Gasteiger partial charge on any atom is -0.356 e. The number of aryl methyl sites for hydroxylation is 1. The van der Waals surface area contributed by atoms with Crippen molar-refractivity contribution in [2.24, 2.45) is 0 Å². The fraction of sp³-hybridized carbons (Fsp3) is 0.476. The third-order valence-corrected chi connectivity index (χ3v) is 6.07. The van der Waals surface area contributed by atoms with Crippen molar-refractivity contribution in [2.45, 2.75) is 57.6 Å². The molecule has 0 radical (unpaired) electrons. The van der Waals surface area contributed by atoms with Gasteiger partial charge in [0, 0.05) is 17.6 Å². The van der Waals surface area contributed by atoms with Gasteiger partial charge in [-0.2, -0.15) is 5.10 Å². The van der Waals surface area contributed by atoms with Gasteiger partial charge in [0.2, 0.25) is 0 Å². The SMILES string of the molecule is Cc1ccc2cnn(C3CCCCO3)c2c1C1CCc2c(nc[nH]c2=O)C1. The van der Waals surface area contributed by atoms with Crippen molar-refractivity contribution < 1.29 is 4.74 Å². The van der Waals surface area contributed by atoms with Gasteiger partial charge in [-0.3, -0.25) is 4.79 Å². The molecule has 27 heavy (non-hydrogen) atoms. The van der Waals surface area contributed by atoms with E-state index in [2.05, 4.69) is 33.7 Å². The summed E-state index contributed by atoms with van der Waals surface area (Å²) in [5, 5.41) is 5.86. The highest BCUT2D eigenvalue weighted by atomic mass is 16.5. The van der Waals surface area contributed by atoms with E-state index in [0.29, 0.717) is 5.92 Å². The Morgan fingerprint density at radius 3 is 3.04 bits per heavy atom. The van der Waals surface area contributed by atoms with Crippen molar-refractivity contribution in [3.63, 3.8) is 0 Å². The maximum Gasteiger partial charge on any atom is 0.254 e. The van der Waals surface area contributed by atoms with Crippen molar-refractivity contribution in [1.29, 1.82) is 0 Å². The Morgan fingerprint density at radius 1 is 1.26 bits per heavy atom. The van der Waals surface area contributed by atoms with Crippen molar-refractivity contribution in [1.82, 2.24) is 19.7 Å². The molecule has 2 aromatic heterocycles. The fourth-order valence-electron chi connectivity index (χ4n) is 4.72. The van der Waals surface area contributed by atoms with E-state index in [-0.39, 0.29) is 11.8 Å². The first kappa shape index (κ1) is 16.7. The molecule has 0 saturated carbocycles. The van der Waals surface area contributed by atoms with Crippen molar-refractivity contribution in [2.75, 3.05) is 6.61 Å². The summed E-state index contributed by atoms with van der Waals surface area (Å²) >= 11 is 0. The lowest BCUT2D eigenvalue weighted by Crippen LogP contribution is -2.25. The second kappa shape index (κ2) is 6.60. The lowest BCUT2D eigenvalue weighted by molar-refractivity contribution is -0.0367. The van der Waals surface area contributed by atoms with E-state index in [1.165, 1.54) is 29.4 Å². The maximum absolute atomic E-state index is 12.1. The molecule has 0 spiro atoms. The summed E-state index contributed by atoms with van der Waals surface area (Å²) in [6.07, 6.45) is 9.34. The van der Waals surface area contributed by atoms with Crippen LogP contribution in [0.2, 0.25) is 0 Å². The summed E-state index contributed by atoms with van der Waals surface area (Å²) in [4.78, 5) is 19.2. The first-order valence-electron chi connectivity index (χ1n) is 9.86. The first-order chi connectivity index (χ1) is 13.2. The lowest BCUT2D eigenvalue weighted by atomic mass is 9.80. The Balaban J connectivity index is 1.61. The van der Waals surface area contributed by atoms with E-state index in [9.17, 15) is 4.79 Å². The molecule has 3 heterocycles. The largest absolute Gasteiger partial charge is 0.356 e. The summed E-state index contributed by atoms with van der Waals surface area (Å²) in [6.45, 7) is 2.98. The van der Waals surface area contributed by atoms with Crippen LogP contribution in [0.5, 0.6) is 0 Å². The van der Waals surface area contributed by atoms with Gasteiger partial charge in [-0.25, -0.2) is 9.67 Å². The molecule has 2 aliphatic rings. The van der Waals surface area contributed by atoms with Crippen molar-refractivity contribution >= 4 is 10.9 Å². The predicted molar refractivity (Wildman–Crippen MR) is 103 cm³/mol. The number of rotatable bonds is 2. The molecule has 6 heteroatoms. The molecule has 1 aliphatic carbocycles. The normalized spacial score (nSPS) is 22.7. The van der Waals surface area contributed by atoms with Crippen LogP contribution in [-0.4, -0.2) is 26.4 Å². The number of hydrogen-bond donors (Lipinski definition) is 1. The quantitative estimate of drug-likeness (QED) is 0.756. The lowest BCUT2D eigenvalue weighted by Gasteiger charge is -2.28. The third kappa shape index (κ3) is 2.79. The smallest absolute Gasteiger partial charge is 0.254 e. The molecule has 5 rings (SSSR count). The zero-order valence-corrected chi connectivity index (χ0v) is 15.6. The number of benzene rings is 1. The minimum atomic E-state index is 0.00836. The van der Waals surface area contributed by atoms with E-state index in [1.54, 1.807) is 0 Å². The Hall–Kier alpha value is -2.47. The van der Waals surface area contributed by atoms with Crippen LogP contribution in [0.25, 0.3) is 10.9 Å². The van der Waals surface area contributed by atoms with Crippen molar-refractivity contribution in [3.05, 3.63) is 57.4 Å². The summed E-state index contributed by atoms with van der Waals surface area (Å²) < 4.78 is 8.12. The Morgan fingerprint density at radius 2 is 2.19 bits per heavy atom. The van der Waals surface area contributed by atoms with E-state index in [4.69, 9.17) is 9.84 Å². The number of aromatic amines is 1. The topological polar surface area (TPSA) is 72.8 Å². The molecule has 1 aromatic carbocycles. The molecule has 1 N–H and O–H groups in total. The third-order valence-electron chi connectivity index (χ3n) is 6.07. The zero-order chi connectivity index (χ0) is 18.4. The summed E-state index contributed by atoms with van der Waals surface area (Å²) in [6, 6.07) is 4.34. The number of aromatic nitrogens is 4. The van der Waals surface area contributed by atoms with E-state index in [0.717, 1.165) is 55.4 Å². The van der Waals surface area contributed by atoms with Crippen LogP contribution in [0.1, 0.15) is 60.2 Å². The van der Waals surface area contributed by atoms with Gasteiger partial charge in [-0.1, -0.05) is 12.1 Å². The van der Waals surface area contributed by atoms with Gasteiger partial charge in [0.05, 0.1) is 23.7 Å². The maximum atomic E-state index is 12.1. The molecule has 1 saturated heterocycles. The minimum absolute atomic E-state index is 0.00836. The molecule has 1 fully saturated rings. The standard InChI is InChI=1S/C21H24N4O2/c1-13-5-6-15-11-24-25(18-4-2-3-9-27-18)20(15)19(13)14-7-8-16-17(10-14)22-12-23-21(16)26/h5-6,11-12,14,18H,2-4,7-10H2,1H3,(H,22,23,26). The molecule has 0 amide bonds. The van der Waals surface area contributed by atoms with Gasteiger partial charge in [-0.05, 0) is 62.5 Å². The van der Waals surface area contributed by atoms with Crippen LogP contribution in [0.4, 0.5) is 0 Å². The fourth-order valence-corrected chi connectivity index (χ4v) is 4.72. The van der Waals surface area contributed by atoms with Crippen LogP contribution >= 0.6 is 0 Å². The van der Waals surface area contributed by atoms with Gasteiger partial charge < -0.3 is 9.72 Å². The molecule has 3 aromatic rings. The number of fused-ring (bicyclic) bond motifs is 2. The van der Waals surface area contributed by atoms with E-state index >= 15 is 0 Å². The van der Waals surface area contributed by atoms with Gasteiger partial charge >= 0.3 is 0 Å². The van der Waals surface area contributed by atoms with Gasteiger partial charge in [-0.15, -0.1) is 0 Å². The molecule has 140 valence electrons. The molecule has 1 aliphatic heterocycles. The van der Waals surface area contributed by atoms with E-state index in [1.807, 2.05) is 6.20 Å². The van der Waals surface area contributed by atoms with Crippen LogP contribution in [0.15, 0.2) is 29.5 Å². The molecule has 6 nitrogen and oxygen atoms in total. The second-order valence-corrected chi connectivity index (χ2v) is 7.74. The molecule has 2 atom stereocenters. The van der Waals surface area contributed by atoms with Crippen LogP contribution in [0, 0.1) is 6.92 Å². The number of hydrogen-bond acceptors (Lipinski definition) is 4.